The zero-order chi connectivity index (χ0) is 29.0. The van der Waals surface area contributed by atoms with E-state index >= 15 is 0 Å². The molecule has 0 heterocycles. The quantitative estimate of drug-likeness (QED) is 0.231. The van der Waals surface area contributed by atoms with E-state index in [0.717, 1.165) is 43.9 Å². The molecule has 8 aliphatic carbocycles. The Kier molecular flexibility index (Phi) is 8.24. The maximum absolute atomic E-state index is 13.6. The molecule has 0 amide bonds. The average molecular weight is 581 g/mol. The SMILES string of the molecule is CC[C@@]1(OCC(=O)CC23CC4CC(C2)CC(CC(=O)CO[C@@]2(CC)CC[C@@H]5CCC[C@H]2C5)(C4)C3)CC[C@H]2CCC[C@@H]1C2. The van der Waals surface area contributed by atoms with Gasteiger partial charge in [0, 0.05) is 12.8 Å². The van der Waals surface area contributed by atoms with Crippen molar-refractivity contribution in [1.82, 2.24) is 0 Å². The van der Waals surface area contributed by atoms with E-state index in [1.54, 1.807) is 0 Å². The first kappa shape index (κ1) is 29.9. The molecule has 42 heavy (non-hydrogen) atoms. The second kappa shape index (κ2) is 11.6. The molecule has 0 saturated heterocycles. The molecule has 8 aliphatic rings. The monoisotopic (exact) mass is 580 g/mol. The number of hydrogen-bond donors (Lipinski definition) is 0. The smallest absolute Gasteiger partial charge is 0.159 e. The minimum Gasteiger partial charge on any atom is -0.367 e. The molecule has 0 aromatic heterocycles. The first-order chi connectivity index (χ1) is 20.3. The van der Waals surface area contributed by atoms with Crippen LogP contribution in [0, 0.1) is 46.3 Å². The van der Waals surface area contributed by atoms with E-state index in [0.29, 0.717) is 61.3 Å². The van der Waals surface area contributed by atoms with E-state index in [-0.39, 0.29) is 22.0 Å². The summed E-state index contributed by atoms with van der Waals surface area (Å²) in [4.78, 5) is 27.3. The van der Waals surface area contributed by atoms with Crippen LogP contribution in [0.15, 0.2) is 0 Å². The van der Waals surface area contributed by atoms with Crippen molar-refractivity contribution in [2.45, 2.75) is 166 Å². The predicted octanol–water partition coefficient (Wildman–Crippen LogP) is 9.02. The standard InChI is InChI=1S/C38H60O4/c1-3-37(13-11-27-7-5-9-31(37)16-27)41-24-33(39)22-35-18-29-15-30(19-35)21-36(20-29,26-35)23-34(40)25-42-38(4-2)14-12-28-8-6-10-32(38)17-28/h27-32H,3-26H2,1-2H3/t27-,28+,29?,30?,31-,32+,35?,36?,37-,38+. The Hall–Kier alpha value is -0.740. The van der Waals surface area contributed by atoms with Gasteiger partial charge in [0.15, 0.2) is 11.6 Å². The summed E-state index contributed by atoms with van der Waals surface area (Å²) >= 11 is 0. The highest BCUT2D eigenvalue weighted by Crippen LogP contribution is 2.67. The molecule has 2 unspecified atom stereocenters. The van der Waals surface area contributed by atoms with Crippen molar-refractivity contribution in [3.8, 4) is 0 Å². The number of carbonyl (C=O) groups excluding carboxylic acids is 2. The topological polar surface area (TPSA) is 52.6 Å². The third kappa shape index (κ3) is 5.60. The van der Waals surface area contributed by atoms with Crippen LogP contribution in [-0.4, -0.2) is 36.0 Å². The first-order valence-electron chi connectivity index (χ1n) is 18.6. The number of ether oxygens (including phenoxy) is 2. The Labute approximate surface area is 256 Å². The van der Waals surface area contributed by atoms with Crippen molar-refractivity contribution in [2.24, 2.45) is 46.3 Å². The minimum atomic E-state index is -0.0611. The first-order valence-corrected chi connectivity index (χ1v) is 18.6. The van der Waals surface area contributed by atoms with Crippen LogP contribution in [0.5, 0.6) is 0 Å². The van der Waals surface area contributed by atoms with Crippen molar-refractivity contribution in [1.29, 1.82) is 0 Å². The van der Waals surface area contributed by atoms with Gasteiger partial charge in [0.05, 0.1) is 11.2 Å². The second-order valence-corrected chi connectivity index (χ2v) is 17.3. The van der Waals surface area contributed by atoms with Gasteiger partial charge in [0.2, 0.25) is 0 Å². The minimum absolute atomic E-state index is 0.0611. The van der Waals surface area contributed by atoms with Crippen LogP contribution >= 0.6 is 0 Å². The molecule has 8 fully saturated rings. The van der Waals surface area contributed by atoms with Crippen LogP contribution < -0.4 is 0 Å². The van der Waals surface area contributed by atoms with E-state index in [4.69, 9.17) is 9.47 Å². The fourth-order valence-electron chi connectivity index (χ4n) is 13.3. The van der Waals surface area contributed by atoms with Crippen molar-refractivity contribution in [3.63, 3.8) is 0 Å². The lowest BCUT2D eigenvalue weighted by Gasteiger charge is -2.62. The average Bonchev–Trinajstić information content (AvgIpc) is 2.96. The van der Waals surface area contributed by atoms with Crippen molar-refractivity contribution in [2.75, 3.05) is 13.2 Å². The molecule has 0 aromatic rings. The molecule has 4 heteroatoms. The van der Waals surface area contributed by atoms with Crippen LogP contribution in [0.4, 0.5) is 0 Å². The van der Waals surface area contributed by atoms with Crippen molar-refractivity contribution < 1.29 is 19.1 Å². The fraction of sp³-hybridized carbons (Fsp3) is 0.947. The van der Waals surface area contributed by atoms with Gasteiger partial charge in [-0.2, -0.15) is 0 Å². The molecule has 0 N–H and O–H groups in total. The molecule has 8 rings (SSSR count). The number of hydrogen-bond acceptors (Lipinski definition) is 4. The Balaban J connectivity index is 0.966. The zero-order valence-electron chi connectivity index (χ0n) is 27.1. The molecule has 8 saturated carbocycles. The lowest BCUT2D eigenvalue weighted by Crippen LogP contribution is -2.54. The van der Waals surface area contributed by atoms with Gasteiger partial charge in [0.1, 0.15) is 13.2 Å². The number of rotatable bonds is 12. The summed E-state index contributed by atoms with van der Waals surface area (Å²) < 4.78 is 13.4. The van der Waals surface area contributed by atoms with E-state index < -0.39 is 0 Å². The fourth-order valence-corrected chi connectivity index (χ4v) is 13.3. The van der Waals surface area contributed by atoms with Crippen LogP contribution in [0.3, 0.4) is 0 Å². The highest BCUT2D eigenvalue weighted by Gasteiger charge is 2.58. The summed E-state index contributed by atoms with van der Waals surface area (Å²) in [5.41, 5.74) is 0.0974. The van der Waals surface area contributed by atoms with E-state index in [2.05, 4.69) is 13.8 Å². The highest BCUT2D eigenvalue weighted by molar-refractivity contribution is 5.81. The van der Waals surface area contributed by atoms with E-state index in [1.165, 1.54) is 96.3 Å². The largest absolute Gasteiger partial charge is 0.367 e. The van der Waals surface area contributed by atoms with E-state index in [9.17, 15) is 9.59 Å². The highest BCUT2D eigenvalue weighted by atomic mass is 16.5. The van der Waals surface area contributed by atoms with Gasteiger partial charge in [-0.05, 0) is 149 Å². The number of Topliss-reactive ketones (excluding diaryl/α,β-unsaturated/α-hetero) is 2. The van der Waals surface area contributed by atoms with Crippen molar-refractivity contribution >= 4 is 11.6 Å². The van der Waals surface area contributed by atoms with Gasteiger partial charge >= 0.3 is 0 Å². The Morgan fingerprint density at radius 2 is 1.05 bits per heavy atom. The molecule has 0 spiro atoms. The van der Waals surface area contributed by atoms with Crippen LogP contribution in [-0.2, 0) is 19.1 Å². The summed E-state index contributed by atoms with van der Waals surface area (Å²) in [6.45, 7) is 5.19. The van der Waals surface area contributed by atoms with Gasteiger partial charge in [-0.1, -0.05) is 39.5 Å². The maximum Gasteiger partial charge on any atom is 0.159 e. The molecule has 8 bridgehead atoms. The molecule has 0 aromatic carbocycles. The third-order valence-electron chi connectivity index (χ3n) is 14.7. The van der Waals surface area contributed by atoms with Gasteiger partial charge in [0.25, 0.3) is 0 Å². The maximum atomic E-state index is 13.6. The van der Waals surface area contributed by atoms with Gasteiger partial charge in [-0.3, -0.25) is 9.59 Å². The second-order valence-electron chi connectivity index (χ2n) is 17.3. The van der Waals surface area contributed by atoms with E-state index in [1.807, 2.05) is 0 Å². The molecule has 0 aliphatic heterocycles. The molecule has 4 nitrogen and oxygen atoms in total. The summed E-state index contributed by atoms with van der Waals surface area (Å²) in [7, 11) is 0. The number of carbonyl (C=O) groups is 2. The van der Waals surface area contributed by atoms with Gasteiger partial charge < -0.3 is 9.47 Å². The summed E-state index contributed by atoms with van der Waals surface area (Å²) in [6.07, 6.45) is 26.2. The predicted molar refractivity (Wildman–Crippen MR) is 166 cm³/mol. The van der Waals surface area contributed by atoms with Crippen LogP contribution in [0.1, 0.15) is 155 Å². The molecular weight excluding hydrogens is 520 g/mol. The van der Waals surface area contributed by atoms with Crippen LogP contribution in [0.2, 0.25) is 0 Å². The molecule has 236 valence electrons. The third-order valence-corrected chi connectivity index (χ3v) is 14.7. The Morgan fingerprint density at radius 1 is 0.595 bits per heavy atom. The van der Waals surface area contributed by atoms with Crippen molar-refractivity contribution in [3.05, 3.63) is 0 Å². The van der Waals surface area contributed by atoms with Gasteiger partial charge in [-0.15, -0.1) is 0 Å². The molecule has 0 radical (unpaired) electrons. The summed E-state index contributed by atoms with van der Waals surface area (Å²) in [5, 5.41) is 0. The zero-order valence-corrected chi connectivity index (χ0v) is 27.1. The lowest BCUT2D eigenvalue weighted by molar-refractivity contribution is -0.164. The normalized spacial score (nSPS) is 47.4. The number of fused-ring (bicyclic) bond motifs is 4. The Bertz CT molecular complexity index is 929. The van der Waals surface area contributed by atoms with Gasteiger partial charge in [-0.25, -0.2) is 0 Å². The number of ketones is 2. The molecular formula is C38H60O4. The molecule has 8 atom stereocenters. The Morgan fingerprint density at radius 3 is 1.48 bits per heavy atom. The summed E-state index contributed by atoms with van der Waals surface area (Å²) in [5.74, 6) is 5.17. The lowest BCUT2D eigenvalue weighted by atomic mass is 9.42. The van der Waals surface area contributed by atoms with Crippen LogP contribution in [0.25, 0.3) is 0 Å². The summed E-state index contributed by atoms with van der Waals surface area (Å²) in [6, 6.07) is 0.